The fraction of sp³-hybridized carbons (Fsp3) is 0.409. The number of hydrogen-bond acceptors (Lipinski definition) is 10. The first-order valence-corrected chi connectivity index (χ1v) is 10.1. The van der Waals surface area contributed by atoms with Crippen molar-refractivity contribution in [2.24, 2.45) is 17.6 Å². The number of hydrogen-bond donors (Lipinski definition) is 7. The van der Waals surface area contributed by atoms with E-state index in [2.05, 4.69) is 0 Å². The molecule has 1 amide bonds. The number of aliphatic hydroxyl groups excluding tert-OH is 3. The molecule has 0 aromatic heterocycles. The second-order valence-corrected chi connectivity index (χ2v) is 9.06. The molecule has 8 N–H and O–H groups in total. The first-order chi connectivity index (χ1) is 15.2. The van der Waals surface area contributed by atoms with Crippen LogP contribution in [0.1, 0.15) is 22.8 Å². The molecule has 6 atom stereocenters. The molecule has 0 spiro atoms. The maximum atomic E-state index is 13.3. The number of nitrogens with zero attached hydrogens (tertiary/aromatic N) is 1. The Labute approximate surface area is 187 Å². The van der Waals surface area contributed by atoms with Gasteiger partial charge in [0.2, 0.25) is 5.78 Å². The third-order valence-electron chi connectivity index (χ3n) is 7.04. The Kier molecular flexibility index (Phi) is 4.78. The van der Waals surface area contributed by atoms with Gasteiger partial charge in [0.15, 0.2) is 11.4 Å². The van der Waals surface area contributed by atoms with E-state index in [0.29, 0.717) is 0 Å². The topological polar surface area (TPSA) is 202 Å². The van der Waals surface area contributed by atoms with Crippen LogP contribution < -0.4 is 5.73 Å². The molecule has 1 aromatic carbocycles. The molecular weight excluding hydrogens is 436 g/mol. The summed E-state index contributed by atoms with van der Waals surface area (Å²) in [7, 11) is 2.85. The van der Waals surface area contributed by atoms with Crippen molar-refractivity contribution in [3.8, 4) is 5.75 Å². The standard InChI is InChI=1S/C22H24N2O9/c1-21(32)7-5-4-6-8(25)9(7)15(26)10-12(21)17(28)13-14(24(2)3)16(27)11(20(23)31)19(30)22(13,33)18(10)29/h4-6,12-14,17,25,27-29,32-33H,1-3H3,(H2,23,31)/t12?,13-,14+,17?,21-,22+/m1/s1. The SMILES string of the molecule is CN(C)[C@@H]1C(O)=C(C(N)=O)C(=O)[C@@]2(O)C(O)=C3C(=O)c4c(O)cccc4[C@@](C)(O)C3C(O)[C@@H]12. The summed E-state index contributed by atoms with van der Waals surface area (Å²) >= 11 is 0. The molecule has 11 nitrogen and oxygen atoms in total. The van der Waals surface area contributed by atoms with E-state index in [4.69, 9.17) is 5.73 Å². The van der Waals surface area contributed by atoms with Gasteiger partial charge in [-0.25, -0.2) is 0 Å². The molecule has 33 heavy (non-hydrogen) atoms. The highest BCUT2D eigenvalue weighted by Gasteiger charge is 2.69. The smallest absolute Gasteiger partial charge is 0.255 e. The quantitative estimate of drug-likeness (QED) is 0.262. The molecule has 4 rings (SSSR count). The maximum absolute atomic E-state index is 13.3. The van der Waals surface area contributed by atoms with Gasteiger partial charge in [-0.3, -0.25) is 19.3 Å². The summed E-state index contributed by atoms with van der Waals surface area (Å²) in [5.74, 6) is -9.66. The maximum Gasteiger partial charge on any atom is 0.255 e. The number of aromatic hydroxyl groups is 1. The van der Waals surface area contributed by atoms with Gasteiger partial charge >= 0.3 is 0 Å². The van der Waals surface area contributed by atoms with Gasteiger partial charge in [-0.15, -0.1) is 0 Å². The van der Waals surface area contributed by atoms with Crippen LogP contribution in [0.3, 0.4) is 0 Å². The van der Waals surface area contributed by atoms with Gasteiger partial charge in [0.1, 0.15) is 22.8 Å². The van der Waals surface area contributed by atoms with Crippen molar-refractivity contribution in [1.29, 1.82) is 0 Å². The van der Waals surface area contributed by atoms with Crippen molar-refractivity contribution in [2.75, 3.05) is 14.1 Å². The zero-order valence-electron chi connectivity index (χ0n) is 18.0. The van der Waals surface area contributed by atoms with Gasteiger partial charge in [0.25, 0.3) is 5.91 Å². The van der Waals surface area contributed by atoms with Crippen LogP contribution in [0.5, 0.6) is 5.75 Å². The fourth-order valence-corrected chi connectivity index (χ4v) is 5.60. The molecule has 0 bridgehead atoms. The number of likely N-dealkylation sites (N-methyl/N-ethyl adjacent to an activating group) is 1. The van der Waals surface area contributed by atoms with Crippen molar-refractivity contribution >= 4 is 17.5 Å². The molecule has 0 fully saturated rings. The van der Waals surface area contributed by atoms with Crippen molar-refractivity contribution in [3.63, 3.8) is 0 Å². The predicted molar refractivity (Wildman–Crippen MR) is 111 cm³/mol. The molecule has 0 saturated heterocycles. The zero-order valence-corrected chi connectivity index (χ0v) is 18.0. The van der Waals surface area contributed by atoms with Crippen LogP contribution in [-0.2, 0) is 15.2 Å². The normalized spacial score (nSPS) is 36.0. The summed E-state index contributed by atoms with van der Waals surface area (Å²) in [4.78, 5) is 39.8. The Morgan fingerprint density at radius 3 is 2.27 bits per heavy atom. The van der Waals surface area contributed by atoms with Crippen molar-refractivity contribution in [2.45, 2.75) is 30.3 Å². The number of nitrogens with two attached hydrogens (primary N) is 1. The Bertz CT molecular complexity index is 1180. The van der Waals surface area contributed by atoms with Crippen LogP contribution in [0, 0.1) is 11.8 Å². The molecule has 0 saturated carbocycles. The Balaban J connectivity index is 2.10. The van der Waals surface area contributed by atoms with Crippen molar-refractivity contribution < 1.29 is 45.0 Å². The molecule has 0 radical (unpaired) electrons. The van der Waals surface area contributed by atoms with Crippen molar-refractivity contribution in [3.05, 3.63) is 52.0 Å². The molecule has 3 aliphatic carbocycles. The molecule has 2 unspecified atom stereocenters. The lowest BCUT2D eigenvalue weighted by Gasteiger charge is -2.55. The average Bonchev–Trinajstić information content (AvgIpc) is 2.70. The molecular formula is C22H24N2O9. The first-order valence-electron chi connectivity index (χ1n) is 10.1. The summed E-state index contributed by atoms with van der Waals surface area (Å²) in [5, 5.41) is 66.5. The number of benzene rings is 1. The highest BCUT2D eigenvalue weighted by molar-refractivity contribution is 6.25. The first kappa shape index (κ1) is 22.9. The predicted octanol–water partition coefficient (Wildman–Crippen LogP) is -1.24. The van der Waals surface area contributed by atoms with Crippen LogP contribution in [0.2, 0.25) is 0 Å². The second kappa shape index (κ2) is 6.87. The van der Waals surface area contributed by atoms with Gasteiger partial charge in [-0.2, -0.15) is 0 Å². The lowest BCUT2D eigenvalue weighted by Crippen LogP contribution is -2.70. The van der Waals surface area contributed by atoms with Crippen molar-refractivity contribution in [1.82, 2.24) is 4.90 Å². The minimum Gasteiger partial charge on any atom is -0.510 e. The summed E-state index contributed by atoms with van der Waals surface area (Å²) < 4.78 is 0. The van der Waals surface area contributed by atoms with E-state index in [1.165, 1.54) is 44.1 Å². The van der Waals surface area contributed by atoms with Gasteiger partial charge in [0.05, 0.1) is 40.7 Å². The van der Waals surface area contributed by atoms with Crippen LogP contribution >= 0.6 is 0 Å². The van der Waals surface area contributed by atoms with E-state index in [9.17, 15) is 45.0 Å². The monoisotopic (exact) mass is 460 g/mol. The van der Waals surface area contributed by atoms with Gasteiger partial charge in [-0.1, -0.05) is 12.1 Å². The summed E-state index contributed by atoms with van der Waals surface area (Å²) in [5.41, 5.74) is -1.88. The largest absolute Gasteiger partial charge is 0.510 e. The molecule has 176 valence electrons. The second-order valence-electron chi connectivity index (χ2n) is 9.06. The zero-order chi connectivity index (χ0) is 24.8. The van der Waals surface area contributed by atoms with E-state index in [0.717, 1.165) is 0 Å². The van der Waals surface area contributed by atoms with E-state index in [1.54, 1.807) is 0 Å². The van der Waals surface area contributed by atoms with E-state index >= 15 is 0 Å². The number of aliphatic hydroxyl groups is 5. The summed E-state index contributed by atoms with van der Waals surface area (Å²) in [6.07, 6.45) is -1.87. The Hall–Kier alpha value is -3.25. The van der Waals surface area contributed by atoms with Gasteiger partial charge in [0, 0.05) is 0 Å². The number of amides is 1. The Morgan fingerprint density at radius 2 is 1.73 bits per heavy atom. The number of phenolic OH excluding ortho intramolecular Hbond substituents is 1. The lowest BCUT2D eigenvalue weighted by molar-refractivity contribution is -0.173. The number of ketones is 2. The molecule has 0 aliphatic heterocycles. The van der Waals surface area contributed by atoms with E-state index in [-0.39, 0.29) is 11.1 Å². The third-order valence-corrected chi connectivity index (χ3v) is 7.04. The molecule has 3 aliphatic rings. The molecule has 0 heterocycles. The van der Waals surface area contributed by atoms with Crippen LogP contribution in [-0.4, -0.2) is 84.9 Å². The van der Waals surface area contributed by atoms with E-state index in [1.807, 2.05) is 0 Å². The highest BCUT2D eigenvalue weighted by Crippen LogP contribution is 2.56. The van der Waals surface area contributed by atoms with Gasteiger partial charge < -0.3 is 36.4 Å². The molecule has 11 heteroatoms. The van der Waals surface area contributed by atoms with Crippen LogP contribution in [0.15, 0.2) is 40.9 Å². The number of fused-ring (bicyclic) bond motifs is 3. The lowest BCUT2D eigenvalue weighted by atomic mass is 9.54. The summed E-state index contributed by atoms with van der Waals surface area (Å²) in [6, 6.07) is 2.54. The van der Waals surface area contributed by atoms with Crippen LogP contribution in [0.25, 0.3) is 0 Å². The third kappa shape index (κ3) is 2.61. The highest BCUT2D eigenvalue weighted by atomic mass is 16.4. The van der Waals surface area contributed by atoms with Gasteiger partial charge in [-0.05, 0) is 32.6 Å². The number of carbonyl (C=O) groups is 3. The minimum absolute atomic E-state index is 0.0281. The van der Waals surface area contributed by atoms with E-state index < -0.39 is 81.1 Å². The van der Waals surface area contributed by atoms with Crippen LogP contribution in [0.4, 0.5) is 0 Å². The number of primary amides is 1. The number of rotatable bonds is 2. The summed E-state index contributed by atoms with van der Waals surface area (Å²) in [6.45, 7) is 1.25. The average molecular weight is 460 g/mol. The number of Topliss-reactive ketones (excluding diaryl/α,β-unsaturated/α-hetero) is 2. The number of carbonyl (C=O) groups excluding carboxylic acids is 3. The minimum atomic E-state index is -3.02. The Morgan fingerprint density at radius 1 is 1.12 bits per heavy atom. The fourth-order valence-electron chi connectivity index (χ4n) is 5.60. The molecule has 1 aromatic rings. The number of phenols is 1.